The lowest BCUT2D eigenvalue weighted by atomic mass is 9.92. The lowest BCUT2D eigenvalue weighted by molar-refractivity contribution is -0.153. The van der Waals surface area contributed by atoms with Gasteiger partial charge in [-0.15, -0.1) is 0 Å². The maximum absolute atomic E-state index is 12.7. The second kappa shape index (κ2) is 8.82. The van der Waals surface area contributed by atoms with Gasteiger partial charge in [-0.05, 0) is 49.7 Å². The molecule has 2 aromatic carbocycles. The number of methoxy groups -OCH3 is 1. The van der Waals surface area contributed by atoms with Crippen LogP contribution in [0.2, 0.25) is 0 Å². The number of ether oxygens (including phenoxy) is 2. The number of carbonyl (C=O) groups excluding carboxylic acids is 1. The molecule has 1 aliphatic heterocycles. The molecule has 1 unspecified atom stereocenters. The number of amides is 1. The van der Waals surface area contributed by atoms with Crippen LogP contribution in [0.5, 0.6) is 11.5 Å². The lowest BCUT2D eigenvalue weighted by Gasteiger charge is -2.31. The fourth-order valence-electron chi connectivity index (χ4n) is 3.31. The van der Waals surface area contributed by atoms with Gasteiger partial charge in [-0.2, -0.15) is 0 Å². The number of carbonyl (C=O) groups is 2. The summed E-state index contributed by atoms with van der Waals surface area (Å²) in [5.74, 6) is 0.155. The Hall–Kier alpha value is -3.28. The standard InChI is InChI=1S/C23H25NO5/c1-23(22(26)27,29-20-6-4-3-5-7-20)16-17-12-14-24(15-13-17)21(25)18-8-10-19(28-2)11-9-18/h3-12H,13-16H2,1-2H3,(H,26,27). The van der Waals surface area contributed by atoms with Crippen LogP contribution >= 0.6 is 0 Å². The van der Waals surface area contributed by atoms with Gasteiger partial charge >= 0.3 is 5.97 Å². The quantitative estimate of drug-likeness (QED) is 0.722. The van der Waals surface area contributed by atoms with Crippen molar-refractivity contribution >= 4 is 11.9 Å². The summed E-state index contributed by atoms with van der Waals surface area (Å²) in [6.45, 7) is 2.57. The lowest BCUT2D eigenvalue weighted by Crippen LogP contribution is -2.43. The predicted molar refractivity (Wildman–Crippen MR) is 109 cm³/mol. The Bertz CT molecular complexity index is 891. The minimum absolute atomic E-state index is 0.0514. The minimum atomic E-state index is -1.37. The molecule has 0 fully saturated rings. The summed E-state index contributed by atoms with van der Waals surface area (Å²) >= 11 is 0. The monoisotopic (exact) mass is 395 g/mol. The summed E-state index contributed by atoms with van der Waals surface area (Å²) in [5, 5.41) is 9.73. The zero-order chi connectivity index (χ0) is 20.9. The van der Waals surface area contributed by atoms with E-state index in [0.29, 0.717) is 36.6 Å². The van der Waals surface area contributed by atoms with Gasteiger partial charge in [-0.3, -0.25) is 4.79 Å². The number of benzene rings is 2. The van der Waals surface area contributed by atoms with E-state index < -0.39 is 11.6 Å². The number of hydrogen-bond donors (Lipinski definition) is 1. The van der Waals surface area contributed by atoms with Crippen LogP contribution in [-0.2, 0) is 4.79 Å². The fraction of sp³-hybridized carbons (Fsp3) is 0.304. The minimum Gasteiger partial charge on any atom is -0.497 e. The number of aliphatic carboxylic acids is 1. The zero-order valence-corrected chi connectivity index (χ0v) is 16.6. The molecule has 1 aliphatic rings. The molecule has 6 nitrogen and oxygen atoms in total. The number of carboxylic acids is 1. The van der Waals surface area contributed by atoms with Gasteiger partial charge in [-0.25, -0.2) is 4.79 Å². The highest BCUT2D eigenvalue weighted by atomic mass is 16.5. The summed E-state index contributed by atoms with van der Waals surface area (Å²) in [6.07, 6.45) is 2.81. The van der Waals surface area contributed by atoms with Crippen LogP contribution in [0, 0.1) is 0 Å². The maximum atomic E-state index is 12.7. The third kappa shape index (κ3) is 4.96. The van der Waals surface area contributed by atoms with Crippen molar-refractivity contribution in [3.63, 3.8) is 0 Å². The van der Waals surface area contributed by atoms with Gasteiger partial charge in [0.15, 0.2) is 0 Å². The molecule has 2 aromatic rings. The number of para-hydroxylation sites is 1. The van der Waals surface area contributed by atoms with Crippen LogP contribution in [0.15, 0.2) is 66.2 Å². The van der Waals surface area contributed by atoms with E-state index in [2.05, 4.69) is 0 Å². The van der Waals surface area contributed by atoms with Crippen LogP contribution in [-0.4, -0.2) is 47.7 Å². The predicted octanol–water partition coefficient (Wildman–Crippen LogP) is 3.78. The number of rotatable bonds is 7. The van der Waals surface area contributed by atoms with Crippen LogP contribution in [0.3, 0.4) is 0 Å². The van der Waals surface area contributed by atoms with Crippen molar-refractivity contribution in [1.82, 2.24) is 4.90 Å². The zero-order valence-electron chi connectivity index (χ0n) is 16.6. The molecule has 0 aliphatic carbocycles. The van der Waals surface area contributed by atoms with E-state index in [1.807, 2.05) is 12.1 Å². The summed E-state index contributed by atoms with van der Waals surface area (Å²) in [6, 6.07) is 16.0. The van der Waals surface area contributed by atoms with Gasteiger partial charge in [0.25, 0.3) is 5.91 Å². The molecule has 3 rings (SSSR count). The molecule has 1 N–H and O–H groups in total. The summed E-state index contributed by atoms with van der Waals surface area (Å²) in [4.78, 5) is 26.3. The van der Waals surface area contributed by atoms with Crippen molar-refractivity contribution < 1.29 is 24.2 Å². The number of nitrogens with zero attached hydrogens (tertiary/aromatic N) is 1. The molecular weight excluding hydrogens is 370 g/mol. The van der Waals surface area contributed by atoms with Crippen molar-refractivity contribution in [2.75, 3.05) is 20.2 Å². The van der Waals surface area contributed by atoms with E-state index in [9.17, 15) is 14.7 Å². The van der Waals surface area contributed by atoms with Crippen molar-refractivity contribution in [1.29, 1.82) is 0 Å². The molecule has 0 bridgehead atoms. The highest BCUT2D eigenvalue weighted by Gasteiger charge is 2.37. The smallest absolute Gasteiger partial charge is 0.348 e. The molecular formula is C23H25NO5. The van der Waals surface area contributed by atoms with Crippen molar-refractivity contribution in [3.05, 3.63) is 71.8 Å². The Morgan fingerprint density at radius 1 is 1.07 bits per heavy atom. The van der Waals surface area contributed by atoms with Crippen molar-refractivity contribution in [2.24, 2.45) is 0 Å². The van der Waals surface area contributed by atoms with E-state index in [1.54, 1.807) is 67.5 Å². The van der Waals surface area contributed by atoms with Crippen LogP contribution in [0.25, 0.3) is 0 Å². The van der Waals surface area contributed by atoms with Gasteiger partial charge in [0.1, 0.15) is 11.5 Å². The Labute approximate surface area is 170 Å². The van der Waals surface area contributed by atoms with E-state index in [-0.39, 0.29) is 12.3 Å². The molecule has 1 heterocycles. The SMILES string of the molecule is COc1ccc(C(=O)N2CC=C(CC(C)(Oc3ccccc3)C(=O)O)CC2)cc1. The van der Waals surface area contributed by atoms with Crippen LogP contribution < -0.4 is 9.47 Å². The average Bonchev–Trinajstić information content (AvgIpc) is 2.74. The van der Waals surface area contributed by atoms with Gasteiger partial charge in [0.2, 0.25) is 5.60 Å². The largest absolute Gasteiger partial charge is 0.497 e. The molecule has 0 saturated heterocycles. The van der Waals surface area contributed by atoms with Crippen molar-refractivity contribution in [2.45, 2.75) is 25.4 Å². The molecule has 1 amide bonds. The highest BCUT2D eigenvalue weighted by Crippen LogP contribution is 2.28. The molecule has 1 atom stereocenters. The maximum Gasteiger partial charge on any atom is 0.348 e. The molecule has 0 saturated carbocycles. The first-order valence-corrected chi connectivity index (χ1v) is 9.50. The first-order valence-electron chi connectivity index (χ1n) is 9.50. The third-order valence-electron chi connectivity index (χ3n) is 5.03. The molecule has 0 aromatic heterocycles. The Morgan fingerprint density at radius 3 is 2.31 bits per heavy atom. The Kier molecular flexibility index (Phi) is 6.22. The van der Waals surface area contributed by atoms with Gasteiger partial charge < -0.3 is 19.5 Å². The van der Waals surface area contributed by atoms with Crippen LogP contribution in [0.4, 0.5) is 0 Å². The molecule has 152 valence electrons. The number of carboxylic acid groups (broad SMARTS) is 1. The molecule has 0 spiro atoms. The highest BCUT2D eigenvalue weighted by molar-refractivity contribution is 5.94. The summed E-state index contributed by atoms with van der Waals surface area (Å²) < 4.78 is 10.9. The molecule has 29 heavy (non-hydrogen) atoms. The van der Waals surface area contributed by atoms with E-state index in [4.69, 9.17) is 9.47 Å². The molecule has 0 radical (unpaired) electrons. The fourth-order valence-corrected chi connectivity index (χ4v) is 3.31. The Balaban J connectivity index is 1.65. The van der Waals surface area contributed by atoms with Gasteiger partial charge in [0.05, 0.1) is 7.11 Å². The van der Waals surface area contributed by atoms with Crippen LogP contribution in [0.1, 0.15) is 30.1 Å². The topological polar surface area (TPSA) is 76.1 Å². The summed E-state index contributed by atoms with van der Waals surface area (Å²) in [5.41, 5.74) is 0.213. The second-order valence-corrected chi connectivity index (χ2v) is 7.22. The third-order valence-corrected chi connectivity index (χ3v) is 5.03. The van der Waals surface area contributed by atoms with E-state index in [0.717, 1.165) is 5.57 Å². The summed E-state index contributed by atoms with van der Waals surface area (Å²) in [7, 11) is 1.58. The van der Waals surface area contributed by atoms with E-state index in [1.165, 1.54) is 0 Å². The van der Waals surface area contributed by atoms with Gasteiger partial charge in [0, 0.05) is 25.1 Å². The first-order chi connectivity index (χ1) is 13.9. The first kappa shape index (κ1) is 20.5. The second-order valence-electron chi connectivity index (χ2n) is 7.22. The average molecular weight is 395 g/mol. The Morgan fingerprint density at radius 2 is 1.76 bits per heavy atom. The van der Waals surface area contributed by atoms with Crippen molar-refractivity contribution in [3.8, 4) is 11.5 Å². The normalized spacial score (nSPS) is 15.8. The van der Waals surface area contributed by atoms with E-state index >= 15 is 0 Å². The molecule has 6 heteroatoms. The van der Waals surface area contributed by atoms with Gasteiger partial charge in [-0.1, -0.05) is 29.8 Å². The number of hydrogen-bond acceptors (Lipinski definition) is 4.